The summed E-state index contributed by atoms with van der Waals surface area (Å²) >= 11 is 6.20. The van der Waals surface area contributed by atoms with Crippen LogP contribution in [0.4, 0.5) is 5.82 Å². The lowest BCUT2D eigenvalue weighted by Gasteiger charge is -2.21. The summed E-state index contributed by atoms with van der Waals surface area (Å²) in [5, 5.41) is 14.9. The van der Waals surface area contributed by atoms with Crippen LogP contribution in [0.15, 0.2) is 60.8 Å². The Morgan fingerprint density at radius 2 is 1.62 bits per heavy atom. The third-order valence-corrected chi connectivity index (χ3v) is 5.19. The summed E-state index contributed by atoms with van der Waals surface area (Å²) in [6, 6.07) is 18.5. The van der Waals surface area contributed by atoms with Crippen molar-refractivity contribution in [2.24, 2.45) is 0 Å². The summed E-state index contributed by atoms with van der Waals surface area (Å²) in [7, 11) is 0. The third kappa shape index (κ3) is 3.78. The van der Waals surface area contributed by atoms with Crippen LogP contribution in [0.2, 0.25) is 5.28 Å². The molecule has 2 aromatic carbocycles. The first-order valence-corrected chi connectivity index (χ1v) is 9.97. The molecule has 0 fully saturated rings. The largest absolute Gasteiger partial charge is 0.493 e. The fourth-order valence-electron chi connectivity index (χ4n) is 3.46. The van der Waals surface area contributed by atoms with Gasteiger partial charge in [-0.25, -0.2) is 9.97 Å². The number of anilines is 1. The maximum atomic E-state index is 10.6. The van der Waals surface area contributed by atoms with E-state index in [-0.39, 0.29) is 23.2 Å². The molecule has 0 saturated carbocycles. The Morgan fingerprint density at radius 1 is 0.966 bits per heavy atom. The molecular formula is C23H23ClN4O. The monoisotopic (exact) mass is 406 g/mol. The summed E-state index contributed by atoms with van der Waals surface area (Å²) in [4.78, 5) is 8.69. The van der Waals surface area contributed by atoms with Gasteiger partial charge >= 0.3 is 0 Å². The van der Waals surface area contributed by atoms with Crippen molar-refractivity contribution in [3.8, 4) is 5.88 Å². The van der Waals surface area contributed by atoms with E-state index in [4.69, 9.17) is 11.6 Å². The van der Waals surface area contributed by atoms with Gasteiger partial charge in [-0.15, -0.1) is 0 Å². The van der Waals surface area contributed by atoms with Crippen molar-refractivity contribution in [1.29, 1.82) is 0 Å². The lowest BCUT2D eigenvalue weighted by Crippen LogP contribution is -2.14. The summed E-state index contributed by atoms with van der Waals surface area (Å²) < 4.78 is 1.77. The van der Waals surface area contributed by atoms with E-state index in [1.54, 1.807) is 4.57 Å². The van der Waals surface area contributed by atoms with Crippen molar-refractivity contribution in [3.05, 3.63) is 82.8 Å². The average molecular weight is 407 g/mol. The van der Waals surface area contributed by atoms with Crippen molar-refractivity contribution in [2.45, 2.75) is 32.9 Å². The molecule has 4 aromatic rings. The van der Waals surface area contributed by atoms with Crippen LogP contribution >= 0.6 is 11.6 Å². The molecule has 4 rings (SSSR count). The molecule has 2 N–H and O–H groups in total. The first-order chi connectivity index (χ1) is 13.9. The number of benzene rings is 2. The van der Waals surface area contributed by atoms with Gasteiger partial charge in [0.15, 0.2) is 0 Å². The van der Waals surface area contributed by atoms with Crippen LogP contribution in [0.5, 0.6) is 5.88 Å². The van der Waals surface area contributed by atoms with Crippen LogP contribution in [0.25, 0.3) is 10.9 Å². The zero-order valence-electron chi connectivity index (χ0n) is 16.6. The molecule has 0 bridgehead atoms. The molecule has 5 nitrogen and oxygen atoms in total. The van der Waals surface area contributed by atoms with Crippen molar-refractivity contribution in [3.63, 3.8) is 0 Å². The van der Waals surface area contributed by atoms with Gasteiger partial charge < -0.3 is 15.0 Å². The molecule has 29 heavy (non-hydrogen) atoms. The molecule has 148 valence electrons. The van der Waals surface area contributed by atoms with E-state index in [0.717, 1.165) is 16.5 Å². The van der Waals surface area contributed by atoms with E-state index in [0.29, 0.717) is 11.3 Å². The van der Waals surface area contributed by atoms with E-state index in [2.05, 4.69) is 58.6 Å². The zero-order valence-corrected chi connectivity index (χ0v) is 17.4. The minimum absolute atomic E-state index is 0.0813. The highest BCUT2D eigenvalue weighted by Crippen LogP contribution is 2.35. The Bertz CT molecular complexity index is 1140. The second kappa shape index (κ2) is 7.76. The minimum Gasteiger partial charge on any atom is -0.493 e. The lowest BCUT2D eigenvalue weighted by molar-refractivity contribution is 0.404. The van der Waals surface area contributed by atoms with E-state index >= 15 is 0 Å². The Hall–Kier alpha value is -3.05. The highest BCUT2D eigenvalue weighted by atomic mass is 35.5. The first kappa shape index (κ1) is 19.3. The van der Waals surface area contributed by atoms with Gasteiger partial charge in [0, 0.05) is 12.2 Å². The molecule has 0 amide bonds. The summed E-state index contributed by atoms with van der Waals surface area (Å²) in [6.45, 7) is 6.07. The number of halogens is 1. The van der Waals surface area contributed by atoms with Crippen molar-refractivity contribution >= 4 is 28.3 Å². The molecular weight excluding hydrogens is 384 g/mol. The molecule has 1 unspecified atom stereocenters. The van der Waals surface area contributed by atoms with E-state index in [1.807, 2.05) is 38.2 Å². The topological polar surface area (TPSA) is 63.0 Å². The predicted octanol–water partition coefficient (Wildman–Crippen LogP) is 5.88. The molecule has 2 aromatic heterocycles. The molecule has 0 aliphatic heterocycles. The van der Waals surface area contributed by atoms with Crippen LogP contribution in [0.3, 0.4) is 0 Å². The number of aromatic hydroxyl groups is 1. The van der Waals surface area contributed by atoms with Crippen LogP contribution in [-0.4, -0.2) is 19.6 Å². The predicted molar refractivity (Wildman–Crippen MR) is 118 cm³/mol. The number of fused-ring (bicyclic) bond motifs is 1. The fraction of sp³-hybridized carbons (Fsp3) is 0.217. The first-order valence-electron chi connectivity index (χ1n) is 9.59. The number of rotatable bonds is 5. The Morgan fingerprint density at radius 3 is 2.28 bits per heavy atom. The standard InChI is InChI=1S/C23H23ClN4O/c1-14(2)28-13-18-20(22(28)29)26-23(24)27-21(18)25-19(16-7-5-4-6-8-16)17-11-9-15(3)10-12-17/h4-14,19,29H,1-3H3,(H,25,26,27). The molecule has 6 heteroatoms. The van der Waals surface area contributed by atoms with Gasteiger partial charge in [0.1, 0.15) is 11.3 Å². The van der Waals surface area contributed by atoms with Crippen molar-refractivity contribution < 1.29 is 5.11 Å². The highest BCUT2D eigenvalue weighted by Gasteiger charge is 2.21. The highest BCUT2D eigenvalue weighted by molar-refractivity contribution is 6.29. The van der Waals surface area contributed by atoms with Crippen LogP contribution < -0.4 is 5.32 Å². The van der Waals surface area contributed by atoms with E-state index in [9.17, 15) is 5.11 Å². The van der Waals surface area contributed by atoms with Crippen LogP contribution in [0.1, 0.15) is 42.6 Å². The Labute approximate surface area is 175 Å². The number of aromatic nitrogens is 3. The lowest BCUT2D eigenvalue weighted by atomic mass is 9.97. The number of hydrogen-bond acceptors (Lipinski definition) is 4. The normalized spacial score (nSPS) is 12.4. The SMILES string of the molecule is Cc1ccc(C(Nc2nc(Cl)nc3c(O)n(C(C)C)cc23)c2ccccc2)cc1. The second-order valence-electron chi connectivity index (χ2n) is 7.46. The van der Waals surface area contributed by atoms with E-state index in [1.165, 1.54) is 5.56 Å². The van der Waals surface area contributed by atoms with Gasteiger partial charge in [-0.1, -0.05) is 60.2 Å². The number of nitrogens with one attached hydrogen (secondary N) is 1. The number of aryl methyl sites for hydroxylation is 1. The minimum atomic E-state index is -0.129. The molecule has 0 radical (unpaired) electrons. The molecule has 1 atom stereocenters. The van der Waals surface area contributed by atoms with Gasteiger partial charge in [-0.05, 0) is 43.5 Å². The molecule has 0 aliphatic carbocycles. The molecule has 0 spiro atoms. The smallest absolute Gasteiger partial charge is 0.225 e. The number of nitrogens with zero attached hydrogens (tertiary/aromatic N) is 3. The molecule has 0 saturated heterocycles. The van der Waals surface area contributed by atoms with Gasteiger partial charge in [-0.3, -0.25) is 0 Å². The van der Waals surface area contributed by atoms with Gasteiger partial charge in [0.05, 0.1) is 11.4 Å². The second-order valence-corrected chi connectivity index (χ2v) is 7.79. The Kier molecular flexibility index (Phi) is 5.16. The quantitative estimate of drug-likeness (QED) is 0.406. The van der Waals surface area contributed by atoms with Gasteiger partial charge in [0.2, 0.25) is 11.2 Å². The van der Waals surface area contributed by atoms with Crippen LogP contribution in [0, 0.1) is 6.92 Å². The van der Waals surface area contributed by atoms with Gasteiger partial charge in [0.25, 0.3) is 0 Å². The fourth-order valence-corrected chi connectivity index (χ4v) is 3.63. The van der Waals surface area contributed by atoms with Crippen molar-refractivity contribution in [1.82, 2.24) is 14.5 Å². The molecule has 0 aliphatic rings. The maximum Gasteiger partial charge on any atom is 0.225 e. The summed E-state index contributed by atoms with van der Waals surface area (Å²) in [5.41, 5.74) is 3.85. The summed E-state index contributed by atoms with van der Waals surface area (Å²) in [5.74, 6) is 0.679. The zero-order chi connectivity index (χ0) is 20.5. The Balaban J connectivity index is 1.85. The maximum absolute atomic E-state index is 10.6. The van der Waals surface area contributed by atoms with E-state index < -0.39 is 0 Å². The average Bonchev–Trinajstić information content (AvgIpc) is 3.04. The third-order valence-electron chi connectivity index (χ3n) is 5.02. The van der Waals surface area contributed by atoms with Crippen LogP contribution in [-0.2, 0) is 0 Å². The number of hydrogen-bond donors (Lipinski definition) is 2. The van der Waals surface area contributed by atoms with Gasteiger partial charge in [-0.2, -0.15) is 0 Å². The van der Waals surface area contributed by atoms with Crippen molar-refractivity contribution in [2.75, 3.05) is 5.32 Å². The summed E-state index contributed by atoms with van der Waals surface area (Å²) in [6.07, 6.45) is 1.87. The molecule has 2 heterocycles.